The average molecular weight is 461 g/mol. The number of alkyl carbamates (subject to hydrolysis) is 1. The molecule has 0 aromatic heterocycles. The highest BCUT2D eigenvalue weighted by atomic mass is 16.6. The Hall–Kier alpha value is -2.85. The monoisotopic (exact) mass is 460 g/mol. The largest absolute Gasteiger partial charge is 0.444 e. The molecule has 0 aromatic rings. The van der Waals surface area contributed by atoms with Crippen molar-refractivity contribution in [1.29, 1.82) is 10.5 Å². The predicted molar refractivity (Wildman–Crippen MR) is 121 cm³/mol. The third kappa shape index (κ3) is 7.33. The van der Waals surface area contributed by atoms with Gasteiger partial charge in [0.05, 0.1) is 25.2 Å². The first-order valence-electron chi connectivity index (χ1n) is 11.5. The molecule has 0 unspecified atom stereocenters. The molecule has 2 atom stereocenters. The fourth-order valence-electron chi connectivity index (χ4n) is 4.11. The Balaban J connectivity index is 2.15. The molecular weight excluding hydrogens is 424 g/mol. The average Bonchev–Trinajstić information content (AvgIpc) is 3.39. The van der Waals surface area contributed by atoms with Gasteiger partial charge in [0.1, 0.15) is 17.7 Å². The molecule has 0 aromatic carbocycles. The van der Waals surface area contributed by atoms with Crippen LogP contribution in [0.25, 0.3) is 0 Å². The zero-order valence-electron chi connectivity index (χ0n) is 20.4. The molecule has 0 spiro atoms. The summed E-state index contributed by atoms with van der Waals surface area (Å²) < 4.78 is 5.30. The van der Waals surface area contributed by atoms with Crippen molar-refractivity contribution in [3.8, 4) is 12.1 Å². The highest BCUT2D eigenvalue weighted by molar-refractivity contribution is 5.82. The summed E-state index contributed by atoms with van der Waals surface area (Å²) in [6.45, 7) is 10.0. The number of hydrogen-bond donors (Lipinski definition) is 1. The van der Waals surface area contributed by atoms with Gasteiger partial charge in [-0.15, -0.1) is 0 Å². The van der Waals surface area contributed by atoms with Gasteiger partial charge in [0.25, 0.3) is 0 Å². The lowest BCUT2D eigenvalue weighted by Gasteiger charge is -2.39. The van der Waals surface area contributed by atoms with Crippen LogP contribution in [0.1, 0.15) is 60.3 Å². The number of likely N-dealkylation sites (tertiary alicyclic amines) is 2. The van der Waals surface area contributed by atoms with Gasteiger partial charge in [-0.3, -0.25) is 14.5 Å². The van der Waals surface area contributed by atoms with Gasteiger partial charge in [0.15, 0.2) is 0 Å². The Kier molecular flexibility index (Phi) is 8.68. The van der Waals surface area contributed by atoms with E-state index in [9.17, 15) is 24.9 Å². The van der Waals surface area contributed by atoms with Crippen molar-refractivity contribution < 1.29 is 19.1 Å². The molecule has 2 fully saturated rings. The molecule has 2 aliphatic heterocycles. The molecule has 3 amide bonds. The number of rotatable bonds is 7. The van der Waals surface area contributed by atoms with Crippen molar-refractivity contribution in [2.24, 2.45) is 0 Å². The molecule has 1 N–H and O–H groups in total. The maximum absolute atomic E-state index is 13.1. The second-order valence-electron chi connectivity index (χ2n) is 10.3. The van der Waals surface area contributed by atoms with E-state index in [4.69, 9.17) is 4.74 Å². The molecule has 0 aliphatic carbocycles. The summed E-state index contributed by atoms with van der Waals surface area (Å²) in [7, 11) is 0. The molecule has 33 heavy (non-hydrogen) atoms. The minimum absolute atomic E-state index is 0.0714. The van der Waals surface area contributed by atoms with Gasteiger partial charge in [0.2, 0.25) is 11.8 Å². The molecule has 0 saturated carbocycles. The number of carbonyl (C=O) groups excluding carboxylic acids is 3. The molecule has 2 aliphatic rings. The quantitative estimate of drug-likeness (QED) is 0.611. The van der Waals surface area contributed by atoms with Crippen LogP contribution in [0.3, 0.4) is 0 Å². The van der Waals surface area contributed by atoms with Gasteiger partial charge in [0, 0.05) is 25.2 Å². The molecule has 10 heteroatoms. The highest BCUT2D eigenvalue weighted by Gasteiger charge is 2.37. The van der Waals surface area contributed by atoms with Crippen molar-refractivity contribution in [3.05, 3.63) is 0 Å². The molecule has 182 valence electrons. The fraction of sp³-hybridized carbons (Fsp3) is 0.783. The van der Waals surface area contributed by atoms with Crippen molar-refractivity contribution in [1.82, 2.24) is 20.0 Å². The normalized spacial score (nSPS) is 21.0. The molecule has 10 nitrogen and oxygen atoms in total. The van der Waals surface area contributed by atoms with E-state index < -0.39 is 29.3 Å². The zero-order valence-corrected chi connectivity index (χ0v) is 20.4. The lowest BCUT2D eigenvalue weighted by molar-refractivity contribution is -0.138. The molecule has 2 saturated heterocycles. The number of ether oxygens (including phenoxy) is 1. The molecule has 2 rings (SSSR count). The van der Waals surface area contributed by atoms with Crippen molar-refractivity contribution in [3.63, 3.8) is 0 Å². The van der Waals surface area contributed by atoms with Crippen LogP contribution in [0.5, 0.6) is 0 Å². The highest BCUT2D eigenvalue weighted by Crippen LogP contribution is 2.22. The molecule has 0 bridgehead atoms. The zero-order chi connectivity index (χ0) is 24.8. The van der Waals surface area contributed by atoms with Crippen molar-refractivity contribution in [2.75, 3.05) is 32.7 Å². The third-order valence-corrected chi connectivity index (χ3v) is 6.02. The van der Waals surface area contributed by atoms with Crippen LogP contribution in [-0.4, -0.2) is 88.6 Å². The van der Waals surface area contributed by atoms with Crippen LogP contribution in [-0.2, 0) is 14.3 Å². The van der Waals surface area contributed by atoms with Crippen molar-refractivity contribution in [2.45, 2.75) is 83.5 Å². The second-order valence-corrected chi connectivity index (χ2v) is 10.3. The van der Waals surface area contributed by atoms with E-state index in [1.54, 1.807) is 35.5 Å². The molecule has 2 heterocycles. The minimum atomic E-state index is -0.772. The maximum Gasteiger partial charge on any atom is 0.407 e. The predicted octanol–water partition coefficient (Wildman–Crippen LogP) is 1.62. The summed E-state index contributed by atoms with van der Waals surface area (Å²) in [6, 6.07) is 3.42. The lowest BCUT2D eigenvalue weighted by atomic mass is 10.0. The van der Waals surface area contributed by atoms with E-state index in [1.165, 1.54) is 0 Å². The number of nitrogens with zero attached hydrogens (tertiary/aromatic N) is 5. The number of carbonyl (C=O) groups is 3. The Morgan fingerprint density at radius 2 is 1.39 bits per heavy atom. The maximum atomic E-state index is 13.1. The van der Waals surface area contributed by atoms with Gasteiger partial charge >= 0.3 is 6.09 Å². The van der Waals surface area contributed by atoms with Crippen LogP contribution in [0, 0.1) is 22.7 Å². The summed E-state index contributed by atoms with van der Waals surface area (Å²) in [5, 5.41) is 21.4. The van der Waals surface area contributed by atoms with E-state index in [0.29, 0.717) is 25.9 Å². The van der Waals surface area contributed by atoms with E-state index in [1.807, 2.05) is 13.8 Å². The van der Waals surface area contributed by atoms with Crippen LogP contribution >= 0.6 is 0 Å². The molecule has 0 radical (unpaired) electrons. The topological polar surface area (TPSA) is 130 Å². The summed E-state index contributed by atoms with van der Waals surface area (Å²) in [4.78, 5) is 43.1. The fourth-order valence-corrected chi connectivity index (χ4v) is 4.11. The van der Waals surface area contributed by atoms with E-state index in [0.717, 1.165) is 12.8 Å². The first-order chi connectivity index (χ1) is 15.4. The van der Waals surface area contributed by atoms with E-state index in [-0.39, 0.29) is 31.4 Å². The molecular formula is C23H36N6O4. The smallest absolute Gasteiger partial charge is 0.407 e. The van der Waals surface area contributed by atoms with Gasteiger partial charge in [-0.25, -0.2) is 4.79 Å². The summed E-state index contributed by atoms with van der Waals surface area (Å²) >= 11 is 0. The van der Waals surface area contributed by atoms with Gasteiger partial charge in [-0.2, -0.15) is 10.5 Å². The summed E-state index contributed by atoms with van der Waals surface area (Å²) in [6.07, 6.45) is 2.24. The minimum Gasteiger partial charge on any atom is -0.444 e. The first-order valence-corrected chi connectivity index (χ1v) is 11.5. The number of nitrogens with one attached hydrogen (secondary N) is 1. The first kappa shape index (κ1) is 26.4. The Labute approximate surface area is 196 Å². The van der Waals surface area contributed by atoms with Crippen LogP contribution in [0.15, 0.2) is 0 Å². The van der Waals surface area contributed by atoms with Crippen LogP contribution < -0.4 is 5.32 Å². The second kappa shape index (κ2) is 10.8. The van der Waals surface area contributed by atoms with Crippen LogP contribution in [0.4, 0.5) is 4.79 Å². The van der Waals surface area contributed by atoms with Gasteiger partial charge in [-0.05, 0) is 60.3 Å². The standard InChI is InChI=1S/C23H36N6O4/c1-22(2,3)33-21(32)26-16-23(4,5)27(14-19(30)28-10-6-8-17(28)12-24)15-20(31)29-11-7-9-18(29)13-25/h17-18H,6-11,14-16H2,1-5H3,(H,26,32)/t17-,18-/m0/s1. The number of nitriles is 2. The Morgan fingerprint density at radius 3 is 1.79 bits per heavy atom. The van der Waals surface area contributed by atoms with Crippen LogP contribution in [0.2, 0.25) is 0 Å². The summed E-state index contributed by atoms with van der Waals surface area (Å²) in [5.74, 6) is -0.453. The van der Waals surface area contributed by atoms with Gasteiger partial charge < -0.3 is 19.9 Å². The van der Waals surface area contributed by atoms with Crippen molar-refractivity contribution >= 4 is 17.9 Å². The Morgan fingerprint density at radius 1 is 0.939 bits per heavy atom. The number of amides is 3. The van der Waals surface area contributed by atoms with E-state index >= 15 is 0 Å². The Bertz CT molecular complexity index is 776. The number of hydrogen-bond acceptors (Lipinski definition) is 7. The third-order valence-electron chi connectivity index (χ3n) is 6.02. The van der Waals surface area contributed by atoms with E-state index in [2.05, 4.69) is 17.5 Å². The lowest BCUT2D eigenvalue weighted by Crippen LogP contribution is -2.58. The van der Waals surface area contributed by atoms with Gasteiger partial charge in [-0.1, -0.05) is 0 Å². The summed E-state index contributed by atoms with van der Waals surface area (Å²) in [5.41, 5.74) is -1.42. The SMILES string of the molecule is CC(C)(C)OC(=O)NCC(C)(C)N(CC(=O)N1CCC[C@H]1C#N)CC(=O)N1CCC[C@H]1C#N.